The molecule has 0 spiro atoms. The zero-order valence-electron chi connectivity index (χ0n) is 18.3. The quantitative estimate of drug-likeness (QED) is 0.614. The number of amides is 1. The van der Waals surface area contributed by atoms with Gasteiger partial charge in [-0.05, 0) is 62.2 Å². The van der Waals surface area contributed by atoms with E-state index >= 15 is 0 Å². The minimum atomic E-state index is -1.18. The molecule has 8 heteroatoms. The normalized spacial score (nSPS) is 12.5. The highest BCUT2D eigenvalue weighted by Crippen LogP contribution is 2.35. The largest absolute Gasteiger partial charge is 0.497 e. The fourth-order valence-corrected chi connectivity index (χ4v) is 3.48. The van der Waals surface area contributed by atoms with Gasteiger partial charge in [-0.15, -0.1) is 0 Å². The molecule has 0 saturated carbocycles. The fraction of sp³-hybridized carbons (Fsp3) is 0.292. The molecule has 0 saturated heterocycles. The van der Waals surface area contributed by atoms with Crippen molar-refractivity contribution in [2.45, 2.75) is 25.8 Å². The SMILES string of the molecule is COc1cccc(CCNC(=O)C(C)(C)n2nc(-c3ccc4c(c3)OCO4)ccc2=O)c1. The van der Waals surface area contributed by atoms with Crippen LogP contribution in [0.25, 0.3) is 11.3 Å². The zero-order chi connectivity index (χ0) is 22.7. The maximum Gasteiger partial charge on any atom is 0.267 e. The summed E-state index contributed by atoms with van der Waals surface area (Å²) in [6, 6.07) is 16.2. The van der Waals surface area contributed by atoms with Crippen molar-refractivity contribution in [3.63, 3.8) is 0 Å². The molecule has 0 radical (unpaired) electrons. The van der Waals surface area contributed by atoms with E-state index < -0.39 is 5.54 Å². The summed E-state index contributed by atoms with van der Waals surface area (Å²) in [5, 5.41) is 7.39. The predicted molar refractivity (Wildman–Crippen MR) is 119 cm³/mol. The summed E-state index contributed by atoms with van der Waals surface area (Å²) in [6.07, 6.45) is 0.637. The first kappa shape index (κ1) is 21.4. The molecular weight excluding hydrogens is 410 g/mol. The van der Waals surface area contributed by atoms with Gasteiger partial charge in [0, 0.05) is 18.2 Å². The lowest BCUT2D eigenvalue weighted by atomic mass is 10.0. The fourth-order valence-electron chi connectivity index (χ4n) is 3.48. The first-order chi connectivity index (χ1) is 15.4. The Balaban J connectivity index is 1.50. The average Bonchev–Trinajstić information content (AvgIpc) is 3.27. The molecule has 0 atom stereocenters. The Kier molecular flexibility index (Phi) is 5.85. The molecule has 2 aromatic carbocycles. The van der Waals surface area contributed by atoms with E-state index in [0.29, 0.717) is 30.2 Å². The number of methoxy groups -OCH3 is 1. The molecule has 3 aromatic rings. The van der Waals surface area contributed by atoms with Crippen LogP contribution in [0.2, 0.25) is 0 Å². The van der Waals surface area contributed by atoms with Gasteiger partial charge in [0.05, 0.1) is 12.8 Å². The van der Waals surface area contributed by atoms with E-state index in [1.165, 1.54) is 10.7 Å². The highest BCUT2D eigenvalue weighted by Gasteiger charge is 2.32. The van der Waals surface area contributed by atoms with Crippen LogP contribution >= 0.6 is 0 Å². The molecule has 4 rings (SSSR count). The van der Waals surface area contributed by atoms with Crippen molar-refractivity contribution in [1.29, 1.82) is 0 Å². The van der Waals surface area contributed by atoms with Gasteiger partial charge in [0.15, 0.2) is 11.5 Å². The van der Waals surface area contributed by atoms with Crippen LogP contribution in [0.5, 0.6) is 17.2 Å². The number of fused-ring (bicyclic) bond motifs is 1. The predicted octanol–water partition coefficient (Wildman–Crippen LogP) is 2.74. The summed E-state index contributed by atoms with van der Waals surface area (Å²) in [6.45, 7) is 3.94. The molecular formula is C24H25N3O5. The lowest BCUT2D eigenvalue weighted by Crippen LogP contribution is -2.50. The number of nitrogens with one attached hydrogen (secondary N) is 1. The Morgan fingerprint density at radius 1 is 1.12 bits per heavy atom. The second kappa shape index (κ2) is 8.74. The Hall–Kier alpha value is -3.81. The molecule has 1 N–H and O–H groups in total. The van der Waals surface area contributed by atoms with Gasteiger partial charge in [-0.1, -0.05) is 12.1 Å². The smallest absolute Gasteiger partial charge is 0.267 e. The molecule has 1 aromatic heterocycles. The number of ether oxygens (including phenoxy) is 3. The van der Waals surface area contributed by atoms with E-state index in [1.54, 1.807) is 39.2 Å². The maximum atomic E-state index is 13.0. The third-order valence-corrected chi connectivity index (χ3v) is 5.39. The summed E-state index contributed by atoms with van der Waals surface area (Å²) in [4.78, 5) is 25.5. The number of benzene rings is 2. The van der Waals surface area contributed by atoms with Crippen molar-refractivity contribution < 1.29 is 19.0 Å². The van der Waals surface area contributed by atoms with Crippen LogP contribution in [-0.4, -0.2) is 36.1 Å². The Bertz CT molecular complexity index is 1200. The molecule has 0 bridgehead atoms. The first-order valence-corrected chi connectivity index (χ1v) is 10.3. The van der Waals surface area contributed by atoms with Gasteiger partial charge in [0.2, 0.25) is 12.7 Å². The molecule has 1 aliphatic rings. The average molecular weight is 435 g/mol. The summed E-state index contributed by atoms with van der Waals surface area (Å²) < 4.78 is 17.2. The van der Waals surface area contributed by atoms with Crippen LogP contribution in [0.1, 0.15) is 19.4 Å². The number of aromatic nitrogens is 2. The summed E-state index contributed by atoms with van der Waals surface area (Å²) in [7, 11) is 1.62. The van der Waals surface area contributed by atoms with Crippen LogP contribution in [0.15, 0.2) is 59.4 Å². The molecule has 2 heterocycles. The number of hydrogen-bond acceptors (Lipinski definition) is 6. The Morgan fingerprint density at radius 2 is 1.94 bits per heavy atom. The molecule has 0 unspecified atom stereocenters. The van der Waals surface area contributed by atoms with Gasteiger partial charge in [0.25, 0.3) is 5.56 Å². The lowest BCUT2D eigenvalue weighted by Gasteiger charge is -2.25. The van der Waals surface area contributed by atoms with E-state index in [0.717, 1.165) is 16.9 Å². The Labute approximate surface area is 185 Å². The molecule has 0 fully saturated rings. The van der Waals surface area contributed by atoms with Gasteiger partial charge in [-0.25, -0.2) is 4.68 Å². The van der Waals surface area contributed by atoms with Crippen molar-refractivity contribution >= 4 is 5.91 Å². The van der Waals surface area contributed by atoms with Gasteiger partial charge in [-0.2, -0.15) is 5.10 Å². The Morgan fingerprint density at radius 3 is 2.75 bits per heavy atom. The van der Waals surface area contributed by atoms with Crippen LogP contribution < -0.4 is 25.1 Å². The lowest BCUT2D eigenvalue weighted by molar-refractivity contribution is -0.128. The topological polar surface area (TPSA) is 91.7 Å². The number of rotatable bonds is 7. The number of carbonyl (C=O) groups is 1. The van der Waals surface area contributed by atoms with Gasteiger partial charge < -0.3 is 19.5 Å². The highest BCUT2D eigenvalue weighted by molar-refractivity contribution is 5.83. The molecule has 1 amide bonds. The van der Waals surface area contributed by atoms with Crippen LogP contribution in [0, 0.1) is 0 Å². The minimum Gasteiger partial charge on any atom is -0.497 e. The highest BCUT2D eigenvalue weighted by atomic mass is 16.7. The van der Waals surface area contributed by atoms with Gasteiger partial charge in [0.1, 0.15) is 11.3 Å². The van der Waals surface area contributed by atoms with E-state index in [4.69, 9.17) is 14.2 Å². The van der Waals surface area contributed by atoms with Crippen LogP contribution in [0.3, 0.4) is 0 Å². The van der Waals surface area contributed by atoms with Crippen molar-refractivity contribution in [1.82, 2.24) is 15.1 Å². The second-order valence-corrected chi connectivity index (χ2v) is 7.95. The molecule has 1 aliphatic heterocycles. The molecule has 0 aliphatic carbocycles. The van der Waals surface area contributed by atoms with Crippen molar-refractivity contribution in [2.24, 2.45) is 0 Å². The van der Waals surface area contributed by atoms with Crippen LogP contribution in [-0.2, 0) is 16.8 Å². The zero-order valence-corrected chi connectivity index (χ0v) is 18.3. The van der Waals surface area contributed by atoms with Crippen molar-refractivity contribution in [2.75, 3.05) is 20.4 Å². The van der Waals surface area contributed by atoms with E-state index in [-0.39, 0.29) is 18.3 Å². The number of nitrogens with zero attached hydrogens (tertiary/aromatic N) is 2. The maximum absolute atomic E-state index is 13.0. The van der Waals surface area contributed by atoms with E-state index in [2.05, 4.69) is 10.4 Å². The molecule has 32 heavy (non-hydrogen) atoms. The van der Waals surface area contributed by atoms with Gasteiger partial charge in [-0.3, -0.25) is 9.59 Å². The summed E-state index contributed by atoms with van der Waals surface area (Å²) in [5.41, 5.74) is 0.819. The third-order valence-electron chi connectivity index (χ3n) is 5.39. The summed E-state index contributed by atoms with van der Waals surface area (Å²) in [5.74, 6) is 1.76. The summed E-state index contributed by atoms with van der Waals surface area (Å²) >= 11 is 0. The second-order valence-electron chi connectivity index (χ2n) is 7.95. The minimum absolute atomic E-state index is 0.175. The molecule has 8 nitrogen and oxygen atoms in total. The third kappa shape index (κ3) is 4.30. The number of carbonyl (C=O) groups excluding carboxylic acids is 1. The van der Waals surface area contributed by atoms with E-state index in [9.17, 15) is 9.59 Å². The monoisotopic (exact) mass is 435 g/mol. The van der Waals surface area contributed by atoms with Crippen molar-refractivity contribution in [3.05, 3.63) is 70.5 Å². The van der Waals surface area contributed by atoms with Gasteiger partial charge >= 0.3 is 0 Å². The van der Waals surface area contributed by atoms with Crippen molar-refractivity contribution in [3.8, 4) is 28.5 Å². The standard InChI is InChI=1S/C24H25N3O5/c1-24(2,23(29)25-12-11-16-5-4-6-18(13-16)30-3)27-22(28)10-8-19(26-27)17-7-9-20-21(14-17)32-15-31-20/h4-10,13-14H,11-12,15H2,1-3H3,(H,25,29). The first-order valence-electron chi connectivity index (χ1n) is 10.3. The van der Waals surface area contributed by atoms with E-state index in [1.807, 2.05) is 30.3 Å². The number of hydrogen-bond donors (Lipinski definition) is 1. The molecule has 166 valence electrons. The van der Waals surface area contributed by atoms with Crippen LogP contribution in [0.4, 0.5) is 0 Å².